The van der Waals surface area contributed by atoms with Gasteiger partial charge in [-0.3, -0.25) is 4.79 Å². The average Bonchev–Trinajstić information content (AvgIpc) is 2.18. The maximum Gasteiger partial charge on any atom is 0.251 e. The Balaban J connectivity index is 2.61. The number of benzene rings is 1. The molecule has 1 heterocycles. The molecule has 0 unspecified atom stereocenters. The molecule has 0 amide bonds. The average molecular weight is 186 g/mol. The largest absolute Gasteiger partial charge is 0.313 e. The van der Waals surface area contributed by atoms with E-state index in [-0.39, 0.29) is 5.56 Å². The summed E-state index contributed by atoms with van der Waals surface area (Å²) in [6, 6.07) is 9.36. The van der Waals surface area contributed by atoms with Gasteiger partial charge in [0.05, 0.1) is 12.0 Å². The summed E-state index contributed by atoms with van der Waals surface area (Å²) in [5.41, 5.74) is 2.70. The third kappa shape index (κ3) is 1.57. The Morgan fingerprint density at radius 3 is 2.79 bits per heavy atom. The molecule has 1 N–H and O–H groups in total. The van der Waals surface area contributed by atoms with E-state index in [0.29, 0.717) is 5.69 Å². The van der Waals surface area contributed by atoms with Crippen molar-refractivity contribution in [2.45, 2.75) is 6.92 Å². The number of aromatic nitrogens is 2. The van der Waals surface area contributed by atoms with E-state index >= 15 is 0 Å². The third-order valence-corrected chi connectivity index (χ3v) is 2.10. The quantitative estimate of drug-likeness (QED) is 0.737. The van der Waals surface area contributed by atoms with Crippen molar-refractivity contribution in [2.75, 3.05) is 0 Å². The lowest BCUT2D eigenvalue weighted by Gasteiger charge is -2.02. The van der Waals surface area contributed by atoms with Crippen LogP contribution < -0.4 is 5.56 Å². The minimum Gasteiger partial charge on any atom is -0.313 e. The Morgan fingerprint density at radius 1 is 1.29 bits per heavy atom. The Kier molecular flexibility index (Phi) is 2.14. The molecule has 0 aliphatic carbocycles. The Morgan fingerprint density at radius 2 is 2.07 bits per heavy atom. The molecule has 0 aliphatic rings. The molecule has 70 valence electrons. The SMILES string of the molecule is Cc1ccccc1-c1cc(=O)[nH]cn1. The number of nitrogens with one attached hydrogen (secondary N) is 1. The van der Waals surface area contributed by atoms with Crippen molar-refractivity contribution < 1.29 is 0 Å². The van der Waals surface area contributed by atoms with Gasteiger partial charge in [-0.2, -0.15) is 0 Å². The highest BCUT2D eigenvalue weighted by Crippen LogP contribution is 2.18. The van der Waals surface area contributed by atoms with Gasteiger partial charge < -0.3 is 4.98 Å². The van der Waals surface area contributed by atoms with E-state index < -0.39 is 0 Å². The van der Waals surface area contributed by atoms with E-state index in [1.54, 1.807) is 0 Å². The minimum atomic E-state index is -0.127. The summed E-state index contributed by atoms with van der Waals surface area (Å²) < 4.78 is 0. The van der Waals surface area contributed by atoms with Crippen LogP contribution >= 0.6 is 0 Å². The van der Waals surface area contributed by atoms with Crippen molar-refractivity contribution in [3.05, 3.63) is 52.6 Å². The van der Waals surface area contributed by atoms with Gasteiger partial charge in [0.15, 0.2) is 0 Å². The minimum absolute atomic E-state index is 0.127. The topological polar surface area (TPSA) is 45.8 Å². The standard InChI is InChI=1S/C11H10N2O/c1-8-4-2-3-5-9(8)10-6-11(14)13-7-12-10/h2-7H,1H3,(H,12,13,14). The molecule has 0 aliphatic heterocycles. The maximum atomic E-state index is 11.1. The lowest BCUT2D eigenvalue weighted by molar-refractivity contribution is 1.12. The number of nitrogens with zero attached hydrogens (tertiary/aromatic N) is 1. The summed E-state index contributed by atoms with van der Waals surface area (Å²) in [5.74, 6) is 0. The van der Waals surface area contributed by atoms with E-state index in [2.05, 4.69) is 9.97 Å². The highest BCUT2D eigenvalue weighted by atomic mass is 16.1. The van der Waals surface area contributed by atoms with Gasteiger partial charge in [0.1, 0.15) is 0 Å². The second-order valence-corrected chi connectivity index (χ2v) is 3.11. The smallest absolute Gasteiger partial charge is 0.251 e. The molecule has 1 aromatic heterocycles. The summed E-state index contributed by atoms with van der Waals surface area (Å²) in [7, 11) is 0. The Hall–Kier alpha value is -1.90. The molecule has 1 aromatic carbocycles. The van der Waals surface area contributed by atoms with Crippen LogP contribution in [0.1, 0.15) is 5.56 Å². The zero-order valence-corrected chi connectivity index (χ0v) is 7.82. The molecule has 3 heteroatoms. The van der Waals surface area contributed by atoms with Gasteiger partial charge >= 0.3 is 0 Å². The number of aryl methyl sites for hydroxylation is 1. The first-order valence-electron chi connectivity index (χ1n) is 4.38. The summed E-state index contributed by atoms with van der Waals surface area (Å²) in [6.07, 6.45) is 1.42. The van der Waals surface area contributed by atoms with Crippen molar-refractivity contribution in [1.29, 1.82) is 0 Å². The molecular formula is C11H10N2O. The second-order valence-electron chi connectivity index (χ2n) is 3.11. The van der Waals surface area contributed by atoms with E-state index in [0.717, 1.165) is 11.1 Å². The second kappa shape index (κ2) is 3.46. The van der Waals surface area contributed by atoms with Crippen LogP contribution in [0.5, 0.6) is 0 Å². The molecule has 0 spiro atoms. The lowest BCUT2D eigenvalue weighted by atomic mass is 10.1. The van der Waals surface area contributed by atoms with Crippen LogP contribution in [0, 0.1) is 6.92 Å². The first-order chi connectivity index (χ1) is 6.77. The van der Waals surface area contributed by atoms with Crippen LogP contribution in [0.15, 0.2) is 41.5 Å². The van der Waals surface area contributed by atoms with Gasteiger partial charge in [0.25, 0.3) is 5.56 Å². The normalized spacial score (nSPS) is 10.1. The zero-order chi connectivity index (χ0) is 9.97. The monoisotopic (exact) mass is 186 g/mol. The molecule has 0 radical (unpaired) electrons. The number of aromatic amines is 1. The number of H-pyrrole nitrogens is 1. The summed E-state index contributed by atoms with van der Waals surface area (Å²) >= 11 is 0. The van der Waals surface area contributed by atoms with Crippen molar-refractivity contribution in [2.24, 2.45) is 0 Å². The van der Waals surface area contributed by atoms with Crippen LogP contribution in [0.25, 0.3) is 11.3 Å². The van der Waals surface area contributed by atoms with Crippen molar-refractivity contribution >= 4 is 0 Å². The fourth-order valence-corrected chi connectivity index (χ4v) is 1.38. The van der Waals surface area contributed by atoms with Crippen LogP contribution in [-0.2, 0) is 0 Å². The fourth-order valence-electron chi connectivity index (χ4n) is 1.38. The molecule has 2 rings (SSSR count). The molecule has 0 saturated heterocycles. The van der Waals surface area contributed by atoms with Gasteiger partial charge in [0, 0.05) is 11.6 Å². The van der Waals surface area contributed by atoms with Crippen LogP contribution in [0.2, 0.25) is 0 Å². The zero-order valence-electron chi connectivity index (χ0n) is 7.82. The van der Waals surface area contributed by atoms with Crippen LogP contribution in [0.4, 0.5) is 0 Å². The number of rotatable bonds is 1. The number of hydrogen-bond donors (Lipinski definition) is 1. The molecule has 0 atom stereocenters. The van der Waals surface area contributed by atoms with Crippen LogP contribution in [-0.4, -0.2) is 9.97 Å². The molecular weight excluding hydrogens is 176 g/mol. The van der Waals surface area contributed by atoms with E-state index in [4.69, 9.17) is 0 Å². The Bertz CT molecular complexity index is 502. The summed E-state index contributed by atoms with van der Waals surface area (Å²) in [4.78, 5) is 17.7. The molecule has 0 fully saturated rings. The summed E-state index contributed by atoms with van der Waals surface area (Å²) in [5, 5.41) is 0. The van der Waals surface area contributed by atoms with E-state index in [9.17, 15) is 4.79 Å². The lowest BCUT2D eigenvalue weighted by Crippen LogP contribution is -2.04. The third-order valence-electron chi connectivity index (χ3n) is 2.10. The Labute approximate surface area is 81.5 Å². The first kappa shape index (κ1) is 8.69. The van der Waals surface area contributed by atoms with Gasteiger partial charge in [0.2, 0.25) is 0 Å². The van der Waals surface area contributed by atoms with Gasteiger partial charge in [-0.25, -0.2) is 4.98 Å². The van der Waals surface area contributed by atoms with Gasteiger partial charge in [-0.15, -0.1) is 0 Å². The molecule has 14 heavy (non-hydrogen) atoms. The highest BCUT2D eigenvalue weighted by molar-refractivity contribution is 5.62. The molecule has 2 aromatic rings. The predicted molar refractivity (Wildman–Crippen MR) is 55.0 cm³/mol. The number of hydrogen-bond acceptors (Lipinski definition) is 2. The van der Waals surface area contributed by atoms with Crippen LogP contribution in [0.3, 0.4) is 0 Å². The van der Waals surface area contributed by atoms with Gasteiger partial charge in [-0.1, -0.05) is 24.3 Å². The maximum absolute atomic E-state index is 11.1. The molecule has 0 saturated carbocycles. The summed E-state index contributed by atoms with van der Waals surface area (Å²) in [6.45, 7) is 2.00. The van der Waals surface area contributed by atoms with Crippen molar-refractivity contribution in [3.8, 4) is 11.3 Å². The highest BCUT2D eigenvalue weighted by Gasteiger charge is 2.01. The molecule has 0 bridgehead atoms. The van der Waals surface area contributed by atoms with Crippen molar-refractivity contribution in [3.63, 3.8) is 0 Å². The fraction of sp³-hybridized carbons (Fsp3) is 0.0909. The molecule has 3 nitrogen and oxygen atoms in total. The van der Waals surface area contributed by atoms with Crippen molar-refractivity contribution in [1.82, 2.24) is 9.97 Å². The van der Waals surface area contributed by atoms with Gasteiger partial charge in [-0.05, 0) is 12.5 Å². The van der Waals surface area contributed by atoms with E-state index in [1.807, 2.05) is 31.2 Å². The predicted octanol–water partition coefficient (Wildman–Crippen LogP) is 1.75. The first-order valence-corrected chi connectivity index (χ1v) is 4.38. The van der Waals surface area contributed by atoms with E-state index in [1.165, 1.54) is 12.4 Å².